The lowest BCUT2D eigenvalue weighted by atomic mass is 10.1. The number of ether oxygens (including phenoxy) is 3. The number of carbonyl (C=O) groups is 2. The van der Waals surface area contributed by atoms with Crippen LogP contribution in [-0.2, 0) is 15.7 Å². The van der Waals surface area contributed by atoms with Crippen molar-refractivity contribution in [3.63, 3.8) is 0 Å². The van der Waals surface area contributed by atoms with Gasteiger partial charge in [-0.05, 0) is 18.2 Å². The van der Waals surface area contributed by atoms with Crippen LogP contribution in [0.5, 0.6) is 17.2 Å². The summed E-state index contributed by atoms with van der Waals surface area (Å²) in [5.74, 6) is -0.496. The highest BCUT2D eigenvalue weighted by Crippen LogP contribution is 2.41. The Morgan fingerprint density at radius 1 is 1.26 bits per heavy atom. The maximum Gasteiger partial charge on any atom is 0.418 e. The van der Waals surface area contributed by atoms with E-state index in [1.165, 1.54) is 18.3 Å². The highest BCUT2D eigenvalue weighted by Gasteiger charge is 2.35. The van der Waals surface area contributed by atoms with E-state index in [1.807, 2.05) is 5.32 Å². The monoisotopic (exact) mass is 499 g/mol. The Balaban J connectivity index is 1.83. The van der Waals surface area contributed by atoms with Crippen molar-refractivity contribution in [2.24, 2.45) is 0 Å². The third-order valence-corrected chi connectivity index (χ3v) is 3.93. The first-order valence-corrected chi connectivity index (χ1v) is 9.37. The standard InChI is InChI=1S/C17H11Cl3F3N3O5/c18-16(19,20)7-30-15(28)25-10-2-1-8(5-9(10)17(21,22)23)31-11-3-4-24-14-13(11)29-6-12(27)26-14/h1-5H,6-7H2,(H,25,28)(H,24,26,27). The number of hydrogen-bond donors (Lipinski definition) is 2. The van der Waals surface area contributed by atoms with Gasteiger partial charge in [0.15, 0.2) is 18.2 Å². The smallest absolute Gasteiger partial charge is 0.418 e. The van der Waals surface area contributed by atoms with Crippen LogP contribution in [0.3, 0.4) is 0 Å². The average Bonchev–Trinajstić information content (AvgIpc) is 2.66. The van der Waals surface area contributed by atoms with Crippen molar-refractivity contribution in [2.75, 3.05) is 23.8 Å². The topological polar surface area (TPSA) is 98.8 Å². The zero-order chi connectivity index (χ0) is 22.8. The number of nitrogens with one attached hydrogen (secondary N) is 2. The van der Waals surface area contributed by atoms with Crippen LogP contribution in [0, 0.1) is 0 Å². The van der Waals surface area contributed by atoms with Gasteiger partial charge in [0, 0.05) is 12.3 Å². The number of nitrogens with zero attached hydrogens (tertiary/aromatic N) is 1. The van der Waals surface area contributed by atoms with E-state index in [1.54, 1.807) is 0 Å². The number of halogens is 6. The van der Waals surface area contributed by atoms with E-state index in [9.17, 15) is 22.8 Å². The van der Waals surface area contributed by atoms with E-state index < -0.39 is 39.8 Å². The number of fused-ring (bicyclic) bond motifs is 1. The van der Waals surface area contributed by atoms with Gasteiger partial charge in [0.25, 0.3) is 5.91 Å². The second kappa shape index (κ2) is 8.85. The first-order chi connectivity index (χ1) is 14.4. The quantitative estimate of drug-likeness (QED) is 0.564. The van der Waals surface area contributed by atoms with Crippen molar-refractivity contribution in [3.05, 3.63) is 36.0 Å². The summed E-state index contributed by atoms with van der Waals surface area (Å²) in [5, 5.41) is 4.39. The van der Waals surface area contributed by atoms with Gasteiger partial charge in [0.05, 0.1) is 11.3 Å². The second-order valence-corrected chi connectivity index (χ2v) is 8.46. The Morgan fingerprint density at radius 3 is 2.68 bits per heavy atom. The number of pyridine rings is 1. The van der Waals surface area contributed by atoms with E-state index in [-0.39, 0.29) is 29.7 Å². The first kappa shape index (κ1) is 23.0. The molecule has 2 amide bonds. The van der Waals surface area contributed by atoms with Crippen LogP contribution in [0.15, 0.2) is 30.5 Å². The van der Waals surface area contributed by atoms with Gasteiger partial charge in [-0.1, -0.05) is 34.8 Å². The number of carbonyl (C=O) groups excluding carboxylic acids is 2. The molecule has 1 aliphatic heterocycles. The highest BCUT2D eigenvalue weighted by molar-refractivity contribution is 6.67. The number of amides is 2. The predicted molar refractivity (Wildman–Crippen MR) is 105 cm³/mol. The third-order valence-electron chi connectivity index (χ3n) is 3.60. The Morgan fingerprint density at radius 2 is 2.00 bits per heavy atom. The Kier molecular flexibility index (Phi) is 6.58. The highest BCUT2D eigenvalue weighted by atomic mass is 35.6. The minimum absolute atomic E-state index is 0.0286. The van der Waals surface area contributed by atoms with Gasteiger partial charge in [-0.25, -0.2) is 9.78 Å². The molecule has 2 aromatic rings. The van der Waals surface area contributed by atoms with Gasteiger partial charge in [-0.15, -0.1) is 0 Å². The van der Waals surface area contributed by atoms with E-state index in [4.69, 9.17) is 44.3 Å². The summed E-state index contributed by atoms with van der Waals surface area (Å²) in [4.78, 5) is 27.0. The molecule has 0 saturated carbocycles. The van der Waals surface area contributed by atoms with Gasteiger partial charge < -0.3 is 19.5 Å². The molecule has 0 saturated heterocycles. The van der Waals surface area contributed by atoms with Crippen molar-refractivity contribution in [2.45, 2.75) is 9.97 Å². The molecule has 1 aliphatic rings. The summed E-state index contributed by atoms with van der Waals surface area (Å²) in [5.41, 5.74) is -1.82. The molecule has 3 rings (SSSR count). The molecule has 0 unspecified atom stereocenters. The summed E-state index contributed by atoms with van der Waals surface area (Å²) in [6.07, 6.45) is -4.82. The minimum Gasteiger partial charge on any atom is -0.476 e. The van der Waals surface area contributed by atoms with Crippen LogP contribution in [0.1, 0.15) is 5.56 Å². The molecule has 1 aromatic heterocycles. The van der Waals surface area contributed by atoms with Crippen molar-refractivity contribution in [1.82, 2.24) is 4.98 Å². The largest absolute Gasteiger partial charge is 0.476 e. The molecular formula is C17H11Cl3F3N3O5. The summed E-state index contributed by atoms with van der Waals surface area (Å²) in [7, 11) is 0. The van der Waals surface area contributed by atoms with Gasteiger partial charge >= 0.3 is 12.3 Å². The molecule has 0 atom stereocenters. The zero-order valence-electron chi connectivity index (χ0n) is 15.1. The molecule has 0 aliphatic carbocycles. The fourth-order valence-corrected chi connectivity index (χ4v) is 2.56. The lowest BCUT2D eigenvalue weighted by Gasteiger charge is -2.20. The molecule has 0 fully saturated rings. The van der Waals surface area contributed by atoms with Gasteiger partial charge in [0.1, 0.15) is 12.4 Å². The Labute approximate surface area is 187 Å². The average molecular weight is 501 g/mol. The van der Waals surface area contributed by atoms with Crippen LogP contribution in [-0.4, -0.2) is 34.0 Å². The van der Waals surface area contributed by atoms with Crippen molar-refractivity contribution in [1.29, 1.82) is 0 Å². The van der Waals surface area contributed by atoms with Crippen molar-refractivity contribution < 1.29 is 37.0 Å². The number of rotatable bonds is 4. The fraction of sp³-hybridized carbons (Fsp3) is 0.235. The molecular weight excluding hydrogens is 490 g/mol. The Bertz CT molecular complexity index is 1010. The molecule has 0 bridgehead atoms. The minimum atomic E-state index is -4.85. The number of alkyl halides is 6. The number of anilines is 2. The SMILES string of the molecule is O=C1COc2c(Oc3ccc(NC(=O)OCC(Cl)(Cl)Cl)c(C(F)(F)F)c3)ccnc2N1. The van der Waals surface area contributed by atoms with Crippen LogP contribution in [0.4, 0.5) is 29.5 Å². The molecule has 1 aromatic carbocycles. The van der Waals surface area contributed by atoms with Crippen LogP contribution in [0.25, 0.3) is 0 Å². The normalized spacial score (nSPS) is 13.5. The van der Waals surface area contributed by atoms with Crippen molar-refractivity contribution in [3.8, 4) is 17.2 Å². The summed E-state index contributed by atoms with van der Waals surface area (Å²) in [6.45, 7) is -0.974. The van der Waals surface area contributed by atoms with Crippen molar-refractivity contribution >= 4 is 58.3 Å². The molecule has 8 nitrogen and oxygen atoms in total. The lowest BCUT2D eigenvalue weighted by molar-refractivity contribution is -0.137. The van der Waals surface area contributed by atoms with E-state index in [0.29, 0.717) is 6.07 Å². The fourth-order valence-electron chi connectivity index (χ4n) is 2.40. The number of hydrogen-bond acceptors (Lipinski definition) is 6. The molecule has 2 N–H and O–H groups in total. The van der Waals surface area contributed by atoms with Crippen LogP contribution < -0.4 is 20.1 Å². The number of aromatic nitrogens is 1. The molecule has 0 spiro atoms. The third kappa shape index (κ3) is 6.18. The number of benzene rings is 1. The molecule has 166 valence electrons. The first-order valence-electron chi connectivity index (χ1n) is 8.23. The zero-order valence-corrected chi connectivity index (χ0v) is 17.3. The van der Waals surface area contributed by atoms with Crippen LogP contribution >= 0.6 is 34.8 Å². The molecule has 14 heteroatoms. The lowest BCUT2D eigenvalue weighted by Crippen LogP contribution is -2.26. The summed E-state index contributed by atoms with van der Waals surface area (Å²) < 4.78 is 53.9. The van der Waals surface area contributed by atoms with E-state index >= 15 is 0 Å². The van der Waals surface area contributed by atoms with Gasteiger partial charge in [-0.2, -0.15) is 13.2 Å². The van der Waals surface area contributed by atoms with Crippen LogP contribution in [0.2, 0.25) is 0 Å². The maximum atomic E-state index is 13.5. The predicted octanol–water partition coefficient (Wildman–Crippen LogP) is 5.14. The molecule has 31 heavy (non-hydrogen) atoms. The van der Waals surface area contributed by atoms with Gasteiger partial charge in [-0.3, -0.25) is 10.1 Å². The Hall–Kier alpha value is -2.63. The molecule has 2 heterocycles. The summed E-state index contributed by atoms with van der Waals surface area (Å²) in [6, 6.07) is 4.15. The molecule has 0 radical (unpaired) electrons. The van der Waals surface area contributed by atoms with E-state index in [0.717, 1.165) is 6.07 Å². The van der Waals surface area contributed by atoms with E-state index in [2.05, 4.69) is 15.0 Å². The maximum absolute atomic E-state index is 13.5. The van der Waals surface area contributed by atoms with Gasteiger partial charge in [0.2, 0.25) is 9.54 Å². The second-order valence-electron chi connectivity index (χ2n) is 5.95. The summed E-state index contributed by atoms with van der Waals surface area (Å²) >= 11 is 16.3.